The minimum Gasteiger partial charge on any atom is -0.465 e. The quantitative estimate of drug-likeness (QED) is 0.543. The SMILES string of the molecule is O=C1OC(CN(C(=O)O)c2ccon2)CN1c1cc(F)c(N2CCC3(CC2)CS(O)(O)C3)c(F)c1. The van der Waals surface area contributed by atoms with Gasteiger partial charge >= 0.3 is 12.2 Å². The first-order chi connectivity index (χ1) is 16.6. The number of anilines is 3. The van der Waals surface area contributed by atoms with Crippen molar-refractivity contribution in [2.45, 2.75) is 18.9 Å². The Hall–Kier alpha value is -3.10. The minimum absolute atomic E-state index is 0.0173. The predicted molar refractivity (Wildman–Crippen MR) is 122 cm³/mol. The summed E-state index contributed by atoms with van der Waals surface area (Å²) in [5.41, 5.74) is -0.408. The third-order valence-electron chi connectivity index (χ3n) is 6.72. The summed E-state index contributed by atoms with van der Waals surface area (Å²) in [5, 5.41) is 13.0. The molecule has 3 N–H and O–H groups in total. The molecule has 1 unspecified atom stereocenters. The van der Waals surface area contributed by atoms with Gasteiger partial charge in [-0.05, 0) is 12.8 Å². The third-order valence-corrected chi connectivity index (χ3v) is 8.87. The molecule has 14 heteroatoms. The Morgan fingerprint density at radius 3 is 2.43 bits per heavy atom. The van der Waals surface area contributed by atoms with Gasteiger partial charge < -0.3 is 19.3 Å². The van der Waals surface area contributed by atoms with Crippen LogP contribution in [0.15, 0.2) is 29.0 Å². The van der Waals surface area contributed by atoms with E-state index in [1.807, 2.05) is 0 Å². The molecular formula is C21H24F2N4O7S. The number of aromatic nitrogens is 1. The zero-order valence-electron chi connectivity index (χ0n) is 18.5. The van der Waals surface area contributed by atoms with Crippen molar-refractivity contribution in [2.24, 2.45) is 5.41 Å². The fraction of sp³-hybridized carbons (Fsp3) is 0.476. The molecule has 0 radical (unpaired) electrons. The average Bonchev–Trinajstić information content (AvgIpc) is 3.41. The van der Waals surface area contributed by atoms with E-state index < -0.39 is 40.5 Å². The van der Waals surface area contributed by atoms with Gasteiger partial charge in [0.25, 0.3) is 0 Å². The van der Waals surface area contributed by atoms with Crippen molar-refractivity contribution < 1.29 is 41.8 Å². The standard InChI is InChI=1S/C21H24F2N4O7S/c22-15-7-13(8-16(23)18(15)25-4-2-21(3-5-25)11-35(31,32)12-21)26-9-14(34-20(26)30)10-27(19(28)29)17-1-6-33-24-17/h1,6-8,14,31-32H,2-5,9-12H2,(H,28,29). The molecule has 35 heavy (non-hydrogen) atoms. The summed E-state index contributed by atoms with van der Waals surface area (Å²) in [7, 11) is -2.50. The molecule has 0 aliphatic carbocycles. The van der Waals surface area contributed by atoms with Gasteiger partial charge in [0.1, 0.15) is 18.1 Å². The second-order valence-electron chi connectivity index (χ2n) is 9.20. The van der Waals surface area contributed by atoms with Crippen molar-refractivity contribution in [2.75, 3.05) is 52.4 Å². The fourth-order valence-electron chi connectivity index (χ4n) is 5.09. The normalized spacial score (nSPS) is 23.7. The number of carbonyl (C=O) groups is 2. The maximum Gasteiger partial charge on any atom is 0.414 e. The molecule has 0 bridgehead atoms. The molecule has 3 saturated heterocycles. The predicted octanol–water partition coefficient (Wildman–Crippen LogP) is 3.81. The first-order valence-corrected chi connectivity index (χ1v) is 12.8. The van der Waals surface area contributed by atoms with Crippen LogP contribution < -0.4 is 14.7 Å². The molecule has 1 atom stereocenters. The third kappa shape index (κ3) is 4.48. The molecule has 3 aliphatic heterocycles. The number of nitrogens with zero attached hydrogens (tertiary/aromatic N) is 4. The number of ether oxygens (including phenoxy) is 1. The number of piperidine rings is 1. The van der Waals surface area contributed by atoms with Gasteiger partial charge in [-0.1, -0.05) is 5.16 Å². The lowest BCUT2D eigenvalue weighted by Gasteiger charge is -2.58. The summed E-state index contributed by atoms with van der Waals surface area (Å²) in [6.07, 6.45) is -0.660. The highest BCUT2D eigenvalue weighted by molar-refractivity contribution is 8.25. The van der Waals surface area contributed by atoms with Gasteiger partial charge in [0.2, 0.25) is 0 Å². The van der Waals surface area contributed by atoms with Crippen molar-refractivity contribution in [3.63, 3.8) is 0 Å². The Kier molecular flexibility index (Phi) is 5.76. The van der Waals surface area contributed by atoms with Crippen LogP contribution in [0.2, 0.25) is 0 Å². The summed E-state index contributed by atoms with van der Waals surface area (Å²) in [6.45, 7) is 0.401. The number of hydrogen-bond acceptors (Lipinski definition) is 8. The molecule has 5 rings (SSSR count). The van der Waals surface area contributed by atoms with Crippen LogP contribution in [0.5, 0.6) is 0 Å². The minimum atomic E-state index is -2.50. The van der Waals surface area contributed by atoms with E-state index >= 15 is 8.78 Å². The number of amides is 2. The number of rotatable bonds is 5. The molecule has 1 aromatic heterocycles. The van der Waals surface area contributed by atoms with Crippen molar-refractivity contribution >= 4 is 40.0 Å². The lowest BCUT2D eigenvalue weighted by Crippen LogP contribution is -2.52. The summed E-state index contributed by atoms with van der Waals surface area (Å²) >= 11 is 0. The largest absolute Gasteiger partial charge is 0.465 e. The van der Waals surface area contributed by atoms with Crippen LogP contribution in [0.25, 0.3) is 0 Å². The van der Waals surface area contributed by atoms with Gasteiger partial charge in [-0.25, -0.2) is 18.4 Å². The van der Waals surface area contributed by atoms with Gasteiger partial charge in [0, 0.05) is 48.2 Å². The van der Waals surface area contributed by atoms with Gasteiger partial charge in [-0.2, -0.15) is 10.6 Å². The van der Waals surface area contributed by atoms with Crippen LogP contribution in [0.3, 0.4) is 0 Å². The van der Waals surface area contributed by atoms with Crippen LogP contribution in [0.4, 0.5) is 35.6 Å². The van der Waals surface area contributed by atoms with E-state index in [1.54, 1.807) is 4.90 Å². The molecule has 1 aromatic carbocycles. The van der Waals surface area contributed by atoms with E-state index in [1.165, 1.54) is 12.3 Å². The molecular weight excluding hydrogens is 490 g/mol. The van der Waals surface area contributed by atoms with Gasteiger partial charge in [-0.3, -0.25) is 18.9 Å². The lowest BCUT2D eigenvalue weighted by molar-refractivity contribution is 0.141. The number of benzene rings is 1. The van der Waals surface area contributed by atoms with Crippen molar-refractivity contribution in [3.8, 4) is 0 Å². The molecule has 3 aliphatic rings. The molecule has 2 amide bonds. The molecule has 11 nitrogen and oxygen atoms in total. The van der Waals surface area contributed by atoms with Crippen molar-refractivity contribution in [1.82, 2.24) is 5.16 Å². The van der Waals surface area contributed by atoms with E-state index in [2.05, 4.69) is 9.68 Å². The van der Waals surface area contributed by atoms with Crippen molar-refractivity contribution in [1.29, 1.82) is 0 Å². The summed E-state index contributed by atoms with van der Waals surface area (Å²) in [5.74, 6) is -0.971. The Morgan fingerprint density at radius 1 is 1.23 bits per heavy atom. The highest BCUT2D eigenvalue weighted by Gasteiger charge is 2.49. The first kappa shape index (κ1) is 23.6. The zero-order chi connectivity index (χ0) is 25.0. The molecule has 2 aromatic rings. The van der Waals surface area contributed by atoms with Gasteiger partial charge in [0.15, 0.2) is 17.5 Å². The molecule has 190 valence electrons. The Bertz CT molecular complexity index is 1110. The summed E-state index contributed by atoms with van der Waals surface area (Å²) < 4.78 is 59.4. The lowest BCUT2D eigenvalue weighted by atomic mass is 9.81. The van der Waals surface area contributed by atoms with Crippen molar-refractivity contribution in [3.05, 3.63) is 36.1 Å². The molecule has 0 saturated carbocycles. The zero-order valence-corrected chi connectivity index (χ0v) is 19.3. The average molecular weight is 515 g/mol. The molecule has 3 fully saturated rings. The van der Waals surface area contributed by atoms with E-state index in [0.29, 0.717) is 37.4 Å². The van der Waals surface area contributed by atoms with Gasteiger partial charge in [-0.15, -0.1) is 0 Å². The second-order valence-corrected chi connectivity index (χ2v) is 11.4. The number of halogens is 2. The van der Waals surface area contributed by atoms with E-state index in [4.69, 9.17) is 4.74 Å². The molecule has 4 heterocycles. The maximum absolute atomic E-state index is 15.0. The highest BCUT2D eigenvalue weighted by atomic mass is 32.3. The summed E-state index contributed by atoms with van der Waals surface area (Å²) in [4.78, 5) is 27.4. The first-order valence-electron chi connectivity index (χ1n) is 10.9. The van der Waals surface area contributed by atoms with E-state index in [9.17, 15) is 23.8 Å². The Balaban J connectivity index is 1.27. The van der Waals surface area contributed by atoms with E-state index in [-0.39, 0.29) is 35.7 Å². The maximum atomic E-state index is 15.0. The fourth-order valence-corrected chi connectivity index (χ4v) is 7.54. The summed E-state index contributed by atoms with van der Waals surface area (Å²) in [6, 6.07) is 3.45. The Morgan fingerprint density at radius 2 is 1.89 bits per heavy atom. The monoisotopic (exact) mass is 514 g/mol. The highest BCUT2D eigenvalue weighted by Crippen LogP contribution is 2.62. The number of cyclic esters (lactones) is 1. The van der Waals surface area contributed by atoms with Crippen LogP contribution in [0.1, 0.15) is 12.8 Å². The topological polar surface area (TPSA) is 140 Å². The van der Waals surface area contributed by atoms with Gasteiger partial charge in [0.05, 0.1) is 18.8 Å². The van der Waals surface area contributed by atoms with Crippen LogP contribution >= 0.6 is 10.6 Å². The van der Waals surface area contributed by atoms with Crippen LogP contribution in [-0.2, 0) is 4.74 Å². The van der Waals surface area contributed by atoms with Crippen LogP contribution in [-0.4, -0.2) is 75.3 Å². The second kappa shape index (κ2) is 8.53. The van der Waals surface area contributed by atoms with Crippen LogP contribution in [0, 0.1) is 17.0 Å². The van der Waals surface area contributed by atoms with E-state index in [0.717, 1.165) is 21.9 Å². The number of carboxylic acid groups (broad SMARTS) is 1. The molecule has 1 spiro atoms. The number of hydrogen-bond donors (Lipinski definition) is 3. The smallest absolute Gasteiger partial charge is 0.414 e. The number of carbonyl (C=O) groups excluding carboxylic acids is 1. The Labute approximate surface area is 200 Å².